The first-order chi connectivity index (χ1) is 9.50. The summed E-state index contributed by atoms with van der Waals surface area (Å²) in [6.45, 7) is 1.57. The Hall–Kier alpha value is -1.84. The van der Waals surface area contributed by atoms with Gasteiger partial charge in [0.25, 0.3) is 0 Å². The van der Waals surface area contributed by atoms with Crippen LogP contribution in [0.15, 0.2) is 52.9 Å². The molecule has 1 unspecified atom stereocenters. The van der Waals surface area contributed by atoms with Gasteiger partial charge >= 0.3 is 0 Å². The zero-order valence-corrected chi connectivity index (χ0v) is 11.5. The minimum absolute atomic E-state index is 0.134. The number of halogens is 2. The third-order valence-electron chi connectivity index (χ3n) is 3.37. The number of aliphatic hydroxyl groups is 1. The molecule has 2 nitrogen and oxygen atoms in total. The first-order valence-electron chi connectivity index (χ1n) is 6.16. The Morgan fingerprint density at radius 2 is 1.90 bits per heavy atom. The van der Waals surface area contributed by atoms with Gasteiger partial charge < -0.3 is 9.52 Å². The molecule has 1 atom stereocenters. The monoisotopic (exact) mass is 290 g/mol. The van der Waals surface area contributed by atoms with Crippen molar-refractivity contribution in [1.82, 2.24) is 0 Å². The molecule has 3 aromatic rings. The van der Waals surface area contributed by atoms with Gasteiger partial charge in [0.05, 0.1) is 0 Å². The second-order valence-corrected chi connectivity index (χ2v) is 5.23. The molecular weight excluding hydrogens is 279 g/mol. The molecule has 1 N–H and O–H groups in total. The van der Waals surface area contributed by atoms with Crippen molar-refractivity contribution >= 4 is 22.6 Å². The molecule has 0 aliphatic rings. The lowest BCUT2D eigenvalue weighted by Crippen LogP contribution is -2.22. The quantitative estimate of drug-likeness (QED) is 0.755. The van der Waals surface area contributed by atoms with Crippen LogP contribution in [-0.2, 0) is 5.60 Å². The van der Waals surface area contributed by atoms with Crippen molar-refractivity contribution in [3.05, 3.63) is 70.7 Å². The van der Waals surface area contributed by atoms with Gasteiger partial charge in [0.1, 0.15) is 11.4 Å². The average molecular weight is 291 g/mol. The summed E-state index contributed by atoms with van der Waals surface area (Å²) in [7, 11) is 0. The topological polar surface area (TPSA) is 33.4 Å². The van der Waals surface area contributed by atoms with E-state index in [0.717, 1.165) is 0 Å². The highest BCUT2D eigenvalue weighted by molar-refractivity contribution is 6.31. The van der Waals surface area contributed by atoms with Crippen LogP contribution < -0.4 is 0 Å². The molecule has 1 aromatic heterocycles. The maximum atomic E-state index is 13.7. The van der Waals surface area contributed by atoms with Gasteiger partial charge in [-0.05, 0) is 25.1 Å². The lowest BCUT2D eigenvalue weighted by Gasteiger charge is -2.22. The van der Waals surface area contributed by atoms with Crippen molar-refractivity contribution < 1.29 is 13.9 Å². The molecule has 0 fully saturated rings. The second kappa shape index (κ2) is 4.62. The average Bonchev–Trinajstić information content (AvgIpc) is 2.85. The van der Waals surface area contributed by atoms with E-state index in [-0.39, 0.29) is 11.3 Å². The Balaban J connectivity index is 2.19. The fourth-order valence-corrected chi connectivity index (χ4v) is 2.58. The highest BCUT2D eigenvalue weighted by Crippen LogP contribution is 2.37. The minimum atomic E-state index is -1.43. The molecule has 0 radical (unpaired) electrons. The van der Waals surface area contributed by atoms with E-state index in [0.29, 0.717) is 16.0 Å². The Labute approximate surface area is 120 Å². The first-order valence-corrected chi connectivity index (χ1v) is 6.54. The van der Waals surface area contributed by atoms with Gasteiger partial charge in [-0.1, -0.05) is 41.9 Å². The van der Waals surface area contributed by atoms with Crippen LogP contribution in [-0.4, -0.2) is 5.11 Å². The van der Waals surface area contributed by atoms with Gasteiger partial charge in [-0.3, -0.25) is 0 Å². The Morgan fingerprint density at radius 1 is 1.15 bits per heavy atom. The summed E-state index contributed by atoms with van der Waals surface area (Å²) >= 11 is 6.11. The molecule has 0 aliphatic carbocycles. The molecule has 20 heavy (non-hydrogen) atoms. The summed E-state index contributed by atoms with van der Waals surface area (Å²) < 4.78 is 19.2. The summed E-state index contributed by atoms with van der Waals surface area (Å²) in [6, 6.07) is 13.2. The van der Waals surface area contributed by atoms with E-state index in [9.17, 15) is 9.50 Å². The molecule has 0 saturated heterocycles. The number of benzene rings is 2. The Kier molecular flexibility index (Phi) is 3.04. The highest BCUT2D eigenvalue weighted by atomic mass is 35.5. The Bertz CT molecular complexity index is 777. The molecular formula is C16H12ClFO2. The fourth-order valence-electron chi connectivity index (χ4n) is 2.26. The number of fused-ring (bicyclic) bond motifs is 1. The van der Waals surface area contributed by atoms with Crippen LogP contribution in [0, 0.1) is 5.82 Å². The van der Waals surface area contributed by atoms with Gasteiger partial charge in [0.2, 0.25) is 0 Å². The van der Waals surface area contributed by atoms with Gasteiger partial charge in [-0.25, -0.2) is 4.39 Å². The molecule has 0 saturated carbocycles. The molecule has 1 heterocycles. The zero-order chi connectivity index (χ0) is 14.3. The normalized spacial score (nSPS) is 14.4. The van der Waals surface area contributed by atoms with Crippen LogP contribution in [0.5, 0.6) is 0 Å². The molecule has 3 rings (SSSR count). The van der Waals surface area contributed by atoms with Crippen molar-refractivity contribution in [3.8, 4) is 0 Å². The van der Waals surface area contributed by atoms with Crippen molar-refractivity contribution in [1.29, 1.82) is 0 Å². The van der Waals surface area contributed by atoms with Crippen molar-refractivity contribution in [2.45, 2.75) is 12.5 Å². The standard InChI is InChI=1S/C16H12ClFO2/c1-16(19,11-6-2-3-7-12(11)17)14-9-10-5-4-8-13(18)15(10)20-14/h2-9,19H,1H3. The molecule has 2 aromatic carbocycles. The Morgan fingerprint density at radius 3 is 2.60 bits per heavy atom. The van der Waals surface area contributed by atoms with Crippen LogP contribution in [0.4, 0.5) is 4.39 Å². The first kappa shape index (κ1) is 13.2. The van der Waals surface area contributed by atoms with Gasteiger partial charge in [-0.2, -0.15) is 0 Å². The summed E-state index contributed by atoms with van der Waals surface area (Å²) in [5, 5.41) is 11.8. The smallest absolute Gasteiger partial charge is 0.170 e. The molecule has 0 amide bonds. The summed E-state index contributed by atoms with van der Waals surface area (Å²) in [5.74, 6) is -0.200. The van der Waals surface area contributed by atoms with Crippen molar-refractivity contribution in [3.63, 3.8) is 0 Å². The third kappa shape index (κ3) is 1.99. The molecule has 0 aliphatic heterocycles. The summed E-state index contributed by atoms with van der Waals surface area (Å²) in [6.07, 6.45) is 0. The van der Waals surface area contributed by atoms with Crippen LogP contribution >= 0.6 is 11.6 Å². The van der Waals surface area contributed by atoms with Crippen molar-refractivity contribution in [2.24, 2.45) is 0 Å². The number of rotatable bonds is 2. The number of para-hydroxylation sites is 1. The summed E-state index contributed by atoms with van der Waals surface area (Å²) in [5.41, 5.74) is -0.778. The van der Waals surface area contributed by atoms with E-state index >= 15 is 0 Å². The van der Waals surface area contributed by atoms with E-state index in [2.05, 4.69) is 0 Å². The van der Waals surface area contributed by atoms with E-state index in [1.54, 1.807) is 49.4 Å². The van der Waals surface area contributed by atoms with Gasteiger partial charge in [0, 0.05) is 16.0 Å². The van der Waals surface area contributed by atoms with Crippen LogP contribution in [0.25, 0.3) is 11.0 Å². The van der Waals surface area contributed by atoms with E-state index in [4.69, 9.17) is 16.0 Å². The molecule has 102 valence electrons. The van der Waals surface area contributed by atoms with Gasteiger partial charge in [-0.15, -0.1) is 0 Å². The lowest BCUT2D eigenvalue weighted by molar-refractivity contribution is 0.0785. The lowest BCUT2D eigenvalue weighted by atomic mass is 9.93. The predicted octanol–water partition coefficient (Wildman–Crippen LogP) is 4.48. The molecule has 0 bridgehead atoms. The van der Waals surface area contributed by atoms with E-state index in [1.165, 1.54) is 6.07 Å². The maximum absolute atomic E-state index is 13.7. The number of hydrogen-bond donors (Lipinski definition) is 1. The SMILES string of the molecule is CC(O)(c1cc2cccc(F)c2o1)c1ccccc1Cl. The number of hydrogen-bond acceptors (Lipinski definition) is 2. The van der Waals surface area contributed by atoms with Gasteiger partial charge in [0.15, 0.2) is 11.4 Å². The van der Waals surface area contributed by atoms with E-state index in [1.807, 2.05) is 0 Å². The van der Waals surface area contributed by atoms with E-state index < -0.39 is 11.4 Å². The van der Waals surface area contributed by atoms with Crippen LogP contribution in [0.1, 0.15) is 18.2 Å². The number of furan rings is 1. The second-order valence-electron chi connectivity index (χ2n) is 4.82. The van der Waals surface area contributed by atoms with Crippen molar-refractivity contribution in [2.75, 3.05) is 0 Å². The van der Waals surface area contributed by atoms with Crippen LogP contribution in [0.2, 0.25) is 5.02 Å². The maximum Gasteiger partial charge on any atom is 0.170 e. The van der Waals surface area contributed by atoms with Crippen LogP contribution in [0.3, 0.4) is 0 Å². The predicted molar refractivity (Wildman–Crippen MR) is 76.3 cm³/mol. The highest BCUT2D eigenvalue weighted by Gasteiger charge is 2.32. The molecule has 0 spiro atoms. The third-order valence-corrected chi connectivity index (χ3v) is 3.70. The fraction of sp³-hybridized carbons (Fsp3) is 0.125. The minimum Gasteiger partial charge on any atom is -0.455 e. The molecule has 4 heteroatoms. The summed E-state index contributed by atoms with van der Waals surface area (Å²) in [4.78, 5) is 0. The largest absolute Gasteiger partial charge is 0.455 e. The zero-order valence-electron chi connectivity index (χ0n) is 10.7.